The van der Waals surface area contributed by atoms with Crippen molar-refractivity contribution in [2.45, 2.75) is 92.5 Å². The van der Waals surface area contributed by atoms with Gasteiger partial charge in [-0.1, -0.05) is 55.0 Å². The summed E-state index contributed by atoms with van der Waals surface area (Å²) in [5.41, 5.74) is 6.33. The number of ether oxygens (including phenoxy) is 2. The van der Waals surface area contributed by atoms with E-state index in [1.807, 2.05) is 12.1 Å². The highest BCUT2D eigenvalue weighted by molar-refractivity contribution is 9.10. The van der Waals surface area contributed by atoms with Gasteiger partial charge in [-0.25, -0.2) is 8.78 Å². The predicted octanol–water partition coefficient (Wildman–Crippen LogP) is 11.5. The molecule has 0 aliphatic carbocycles. The van der Waals surface area contributed by atoms with Crippen LogP contribution in [0.15, 0.2) is 71.2 Å². The molecule has 2 aliphatic heterocycles. The van der Waals surface area contributed by atoms with Crippen LogP contribution >= 0.6 is 15.9 Å². The lowest BCUT2D eigenvalue weighted by molar-refractivity contribution is 0.0433. The molecule has 0 saturated carbocycles. The minimum Gasteiger partial charge on any atom is -0.487 e. The molecule has 0 saturated heterocycles. The lowest BCUT2D eigenvalue weighted by atomic mass is 9.86. The van der Waals surface area contributed by atoms with Crippen molar-refractivity contribution in [2.75, 3.05) is 33.5 Å². The number of carbonyl (C=O) groups excluding carboxylic acids is 1. The Labute approximate surface area is 318 Å². The first-order valence-corrected chi connectivity index (χ1v) is 17.7. The summed E-state index contributed by atoms with van der Waals surface area (Å²) in [7, 11) is 8.43. The fraction of sp³-hybridized carbons (Fsp3) is 0.419. The minimum atomic E-state index is -0.896. The third-order valence-electron chi connectivity index (χ3n) is 9.40. The Balaban J connectivity index is 0.000000325. The standard InChI is InChI=1S/C27H28F2N2O2.C14H20BrNO.2CH4/c1-16-13-20-23(31(4)5)15-27(2,3)33-24(20)14-19(16)17-9-11-18(12-10-17)30-26(32)25-21(28)7-6-8-22(25)29;1-9-6-10-12(16(4)5)8-14(2,3)17-13(10)7-11(9)15;;/h6-14,23H,15H2,1-5H3,(H,30,32);6-7,12H,8H2,1-5H3;2*1H4. The number of rotatable bonds is 5. The van der Waals surface area contributed by atoms with Crippen LogP contribution in [-0.4, -0.2) is 55.1 Å². The molecule has 6 rings (SSSR count). The Bertz CT molecular complexity index is 1870. The van der Waals surface area contributed by atoms with Gasteiger partial charge in [0.05, 0.1) is 0 Å². The molecule has 52 heavy (non-hydrogen) atoms. The van der Waals surface area contributed by atoms with Gasteiger partial charge in [-0.3, -0.25) is 4.79 Å². The van der Waals surface area contributed by atoms with Crippen molar-refractivity contribution in [2.24, 2.45) is 0 Å². The molecular weight excluding hydrogens is 724 g/mol. The smallest absolute Gasteiger partial charge is 0.261 e. The number of carbonyl (C=O) groups is 1. The number of fused-ring (bicyclic) bond motifs is 2. The van der Waals surface area contributed by atoms with E-state index in [2.05, 4.69) is 125 Å². The highest BCUT2D eigenvalue weighted by Gasteiger charge is 2.36. The van der Waals surface area contributed by atoms with E-state index in [1.165, 1.54) is 22.8 Å². The Morgan fingerprint density at radius 3 is 1.69 bits per heavy atom. The first-order valence-electron chi connectivity index (χ1n) is 16.9. The summed E-state index contributed by atoms with van der Waals surface area (Å²) in [5, 5.41) is 2.56. The normalized spacial score (nSPS) is 17.9. The number of hydrogen-bond acceptors (Lipinski definition) is 5. The fourth-order valence-corrected chi connectivity index (χ4v) is 7.12. The van der Waals surface area contributed by atoms with Gasteiger partial charge < -0.3 is 24.6 Å². The summed E-state index contributed by atoms with van der Waals surface area (Å²) in [4.78, 5) is 16.9. The molecule has 0 fully saturated rings. The molecule has 2 heterocycles. The Morgan fingerprint density at radius 1 is 0.750 bits per heavy atom. The minimum absolute atomic E-state index is 0. The summed E-state index contributed by atoms with van der Waals surface area (Å²) < 4.78 is 41.3. The Hall–Kier alpha value is -3.79. The molecular formula is C43H56BrF2N3O3. The predicted molar refractivity (Wildman–Crippen MR) is 215 cm³/mol. The summed E-state index contributed by atoms with van der Waals surface area (Å²) in [6.45, 7) is 12.7. The van der Waals surface area contributed by atoms with Crippen LogP contribution in [0.5, 0.6) is 11.5 Å². The molecule has 0 bridgehead atoms. The van der Waals surface area contributed by atoms with Crippen molar-refractivity contribution in [1.29, 1.82) is 0 Å². The van der Waals surface area contributed by atoms with E-state index in [-0.39, 0.29) is 32.1 Å². The highest BCUT2D eigenvalue weighted by Crippen LogP contribution is 2.45. The van der Waals surface area contributed by atoms with Gasteiger partial charge in [0, 0.05) is 46.2 Å². The topological polar surface area (TPSA) is 54.0 Å². The quantitative estimate of drug-likeness (QED) is 0.219. The van der Waals surface area contributed by atoms with E-state index >= 15 is 0 Å². The van der Waals surface area contributed by atoms with Gasteiger partial charge in [0.1, 0.15) is 39.9 Å². The average molecular weight is 781 g/mol. The molecule has 2 aliphatic rings. The second kappa shape index (κ2) is 16.5. The van der Waals surface area contributed by atoms with Crippen LogP contribution in [0.4, 0.5) is 14.5 Å². The van der Waals surface area contributed by atoms with Crippen molar-refractivity contribution in [1.82, 2.24) is 9.80 Å². The van der Waals surface area contributed by atoms with Crippen LogP contribution in [0.2, 0.25) is 0 Å². The zero-order valence-electron chi connectivity index (χ0n) is 30.7. The average Bonchev–Trinajstić information content (AvgIpc) is 3.01. The maximum atomic E-state index is 13.9. The van der Waals surface area contributed by atoms with Gasteiger partial charge in [-0.05, 0) is 134 Å². The fourth-order valence-electron chi connectivity index (χ4n) is 6.80. The van der Waals surface area contributed by atoms with Crippen LogP contribution in [-0.2, 0) is 0 Å². The first kappa shape index (κ1) is 42.6. The highest BCUT2D eigenvalue weighted by atomic mass is 79.9. The second-order valence-corrected chi connectivity index (χ2v) is 15.9. The molecule has 0 radical (unpaired) electrons. The van der Waals surface area contributed by atoms with Gasteiger partial charge in [0.2, 0.25) is 0 Å². The molecule has 1 N–H and O–H groups in total. The van der Waals surface area contributed by atoms with Crippen LogP contribution < -0.4 is 14.8 Å². The largest absolute Gasteiger partial charge is 0.487 e. The van der Waals surface area contributed by atoms with E-state index in [9.17, 15) is 13.6 Å². The number of aryl methyl sites for hydroxylation is 2. The van der Waals surface area contributed by atoms with E-state index in [4.69, 9.17) is 9.47 Å². The van der Waals surface area contributed by atoms with Gasteiger partial charge in [0.15, 0.2) is 0 Å². The number of nitrogens with zero attached hydrogens (tertiary/aromatic N) is 2. The van der Waals surface area contributed by atoms with E-state index < -0.39 is 23.1 Å². The molecule has 2 unspecified atom stereocenters. The van der Waals surface area contributed by atoms with Gasteiger partial charge in [0.25, 0.3) is 5.91 Å². The van der Waals surface area contributed by atoms with Crippen LogP contribution in [0, 0.1) is 25.5 Å². The summed E-state index contributed by atoms with van der Waals surface area (Å²) >= 11 is 3.58. The monoisotopic (exact) mass is 779 g/mol. The number of halogens is 3. The summed E-state index contributed by atoms with van der Waals surface area (Å²) in [6.07, 6.45) is 1.93. The lowest BCUT2D eigenvalue weighted by Crippen LogP contribution is -2.39. The number of benzene rings is 4. The number of nitrogens with one attached hydrogen (secondary N) is 1. The second-order valence-electron chi connectivity index (χ2n) is 15.1. The molecule has 0 spiro atoms. The van der Waals surface area contributed by atoms with Crippen molar-refractivity contribution in [3.05, 3.63) is 111 Å². The van der Waals surface area contributed by atoms with Crippen molar-refractivity contribution >= 4 is 27.5 Å². The summed E-state index contributed by atoms with van der Waals surface area (Å²) in [5.74, 6) is -0.732. The van der Waals surface area contributed by atoms with Crippen LogP contribution in [0.25, 0.3) is 11.1 Å². The van der Waals surface area contributed by atoms with Crippen molar-refractivity contribution in [3.63, 3.8) is 0 Å². The van der Waals surface area contributed by atoms with Gasteiger partial charge >= 0.3 is 0 Å². The zero-order chi connectivity index (χ0) is 36.7. The number of hydrogen-bond donors (Lipinski definition) is 1. The molecule has 1 amide bonds. The third-order valence-corrected chi connectivity index (χ3v) is 10.3. The zero-order valence-corrected chi connectivity index (χ0v) is 32.3. The van der Waals surface area contributed by atoms with Crippen LogP contribution in [0.1, 0.15) is 100 Å². The molecule has 0 aromatic heterocycles. The SMILES string of the molecule is C.C.Cc1cc2c(cc1-c1ccc(NC(=O)c3c(F)cccc3F)cc1)OC(C)(C)CC2N(C)C.Cc1cc2c(cc1Br)OC(C)(C)CC2N(C)C. The Kier molecular flexibility index (Phi) is 13.5. The maximum Gasteiger partial charge on any atom is 0.261 e. The van der Waals surface area contributed by atoms with Gasteiger partial charge in [-0.15, -0.1) is 0 Å². The van der Waals surface area contributed by atoms with Crippen molar-refractivity contribution < 1.29 is 23.0 Å². The molecule has 2 atom stereocenters. The third kappa shape index (κ3) is 9.41. The molecule has 9 heteroatoms. The van der Waals surface area contributed by atoms with Crippen molar-refractivity contribution in [3.8, 4) is 22.6 Å². The first-order chi connectivity index (χ1) is 23.4. The lowest BCUT2D eigenvalue weighted by Gasteiger charge is -2.40. The number of amides is 1. The number of anilines is 1. The Morgan fingerprint density at radius 2 is 1.21 bits per heavy atom. The van der Waals surface area contributed by atoms with Gasteiger partial charge in [-0.2, -0.15) is 0 Å². The van der Waals surface area contributed by atoms with Crippen LogP contribution in [0.3, 0.4) is 0 Å². The van der Waals surface area contributed by atoms with E-state index in [1.54, 1.807) is 12.1 Å². The van der Waals surface area contributed by atoms with E-state index in [0.717, 1.165) is 57.6 Å². The molecule has 4 aromatic carbocycles. The van der Waals surface area contributed by atoms with E-state index in [0.29, 0.717) is 11.7 Å². The maximum absolute atomic E-state index is 13.9. The molecule has 4 aromatic rings. The molecule has 6 nitrogen and oxygen atoms in total. The molecule has 282 valence electrons. The summed E-state index contributed by atoms with van der Waals surface area (Å²) in [6, 6.07) is 19.8.